The summed E-state index contributed by atoms with van der Waals surface area (Å²) < 4.78 is 10.7. The molecule has 0 bridgehead atoms. The van der Waals surface area contributed by atoms with Crippen molar-refractivity contribution >= 4 is 23.2 Å². The maximum absolute atomic E-state index is 5.96. The van der Waals surface area contributed by atoms with Gasteiger partial charge in [0.05, 0.1) is 14.2 Å². The lowest BCUT2D eigenvalue weighted by Crippen LogP contribution is -1.96. The van der Waals surface area contributed by atoms with Gasteiger partial charge in [0.1, 0.15) is 11.5 Å². The Labute approximate surface area is 122 Å². The summed E-state index contributed by atoms with van der Waals surface area (Å²) >= 11 is 11.9. The second kappa shape index (κ2) is 6.18. The predicted octanol–water partition coefficient (Wildman–Crippen LogP) is 4.60. The Balaban J connectivity index is 2.36. The highest BCUT2D eigenvalue weighted by Crippen LogP contribution is 2.30. The monoisotopic (exact) mass is 296 g/mol. The molecule has 2 rings (SSSR count). The average Bonchev–Trinajstić information content (AvgIpc) is 2.42. The quantitative estimate of drug-likeness (QED) is 0.821. The summed E-state index contributed by atoms with van der Waals surface area (Å²) in [7, 11) is 3.27. The minimum absolute atomic E-state index is 0.656. The maximum atomic E-state index is 5.96. The Bertz CT molecular complexity index is 531. The molecule has 0 aliphatic heterocycles. The van der Waals surface area contributed by atoms with E-state index >= 15 is 0 Å². The fourth-order valence-electron chi connectivity index (χ4n) is 1.93. The van der Waals surface area contributed by atoms with Crippen LogP contribution < -0.4 is 9.47 Å². The molecule has 100 valence electrons. The Morgan fingerprint density at radius 1 is 0.789 bits per heavy atom. The fraction of sp³-hybridized carbons (Fsp3) is 0.200. The number of ether oxygens (including phenoxy) is 2. The summed E-state index contributed by atoms with van der Waals surface area (Å²) in [6.07, 6.45) is 0.695. The van der Waals surface area contributed by atoms with Crippen molar-refractivity contribution in [3.63, 3.8) is 0 Å². The molecule has 0 aromatic heterocycles. The third-order valence-corrected chi connectivity index (χ3v) is 3.35. The number of hydrogen-bond acceptors (Lipinski definition) is 2. The second-order valence-corrected chi connectivity index (χ2v) is 4.96. The first-order valence-corrected chi connectivity index (χ1v) is 6.54. The largest absolute Gasteiger partial charge is 0.496 e. The highest BCUT2D eigenvalue weighted by molar-refractivity contribution is 6.31. The topological polar surface area (TPSA) is 18.5 Å². The van der Waals surface area contributed by atoms with E-state index in [2.05, 4.69) is 0 Å². The molecule has 0 unspecified atom stereocenters. The molecule has 0 spiro atoms. The van der Waals surface area contributed by atoms with Crippen LogP contribution in [0.3, 0.4) is 0 Å². The third kappa shape index (κ3) is 3.34. The number of rotatable bonds is 4. The van der Waals surface area contributed by atoms with Crippen LogP contribution in [0.2, 0.25) is 10.0 Å². The Morgan fingerprint density at radius 2 is 1.21 bits per heavy atom. The Kier molecular flexibility index (Phi) is 4.56. The lowest BCUT2D eigenvalue weighted by Gasteiger charge is -2.12. The van der Waals surface area contributed by atoms with Crippen molar-refractivity contribution in [2.75, 3.05) is 14.2 Å². The van der Waals surface area contributed by atoms with E-state index in [1.807, 2.05) is 24.3 Å². The van der Waals surface area contributed by atoms with Crippen molar-refractivity contribution in [1.29, 1.82) is 0 Å². The van der Waals surface area contributed by atoms with Crippen LogP contribution in [0.15, 0.2) is 36.4 Å². The SMILES string of the molecule is COc1cc(Cl)ccc1Cc1ccc(Cl)cc1OC. The molecule has 2 nitrogen and oxygen atoms in total. The van der Waals surface area contributed by atoms with Crippen LogP contribution >= 0.6 is 23.2 Å². The van der Waals surface area contributed by atoms with Gasteiger partial charge in [0.15, 0.2) is 0 Å². The summed E-state index contributed by atoms with van der Waals surface area (Å²) in [6, 6.07) is 11.2. The lowest BCUT2D eigenvalue weighted by molar-refractivity contribution is 0.405. The first-order valence-electron chi connectivity index (χ1n) is 5.79. The van der Waals surface area contributed by atoms with Gasteiger partial charge in [-0.15, -0.1) is 0 Å². The van der Waals surface area contributed by atoms with E-state index in [0.29, 0.717) is 16.5 Å². The van der Waals surface area contributed by atoms with Crippen LogP contribution in [0.25, 0.3) is 0 Å². The zero-order valence-corrected chi connectivity index (χ0v) is 12.3. The summed E-state index contributed by atoms with van der Waals surface area (Å²) in [6.45, 7) is 0. The van der Waals surface area contributed by atoms with Gasteiger partial charge in [-0.1, -0.05) is 35.3 Å². The van der Waals surface area contributed by atoms with Crippen LogP contribution in [0, 0.1) is 0 Å². The second-order valence-electron chi connectivity index (χ2n) is 4.09. The van der Waals surface area contributed by atoms with Crippen molar-refractivity contribution in [1.82, 2.24) is 0 Å². The van der Waals surface area contributed by atoms with E-state index in [1.165, 1.54) is 0 Å². The minimum atomic E-state index is 0.656. The zero-order chi connectivity index (χ0) is 13.8. The smallest absolute Gasteiger partial charge is 0.123 e. The van der Waals surface area contributed by atoms with Crippen LogP contribution in [0.1, 0.15) is 11.1 Å². The molecule has 0 saturated carbocycles. The molecule has 0 aliphatic carbocycles. The first kappa shape index (κ1) is 14.0. The molecule has 2 aromatic carbocycles. The van der Waals surface area contributed by atoms with E-state index in [9.17, 15) is 0 Å². The van der Waals surface area contributed by atoms with Gasteiger partial charge in [-0.25, -0.2) is 0 Å². The fourth-order valence-corrected chi connectivity index (χ4v) is 2.26. The standard InChI is InChI=1S/C15H14Cl2O2/c1-18-14-8-12(16)5-3-10(14)7-11-4-6-13(17)9-15(11)19-2/h3-6,8-9H,7H2,1-2H3. The molecule has 0 N–H and O–H groups in total. The van der Waals surface area contributed by atoms with E-state index in [1.54, 1.807) is 26.4 Å². The Morgan fingerprint density at radius 3 is 1.58 bits per heavy atom. The van der Waals surface area contributed by atoms with Crippen molar-refractivity contribution in [3.8, 4) is 11.5 Å². The molecule has 0 atom stereocenters. The highest BCUT2D eigenvalue weighted by atomic mass is 35.5. The van der Waals surface area contributed by atoms with Crippen molar-refractivity contribution in [2.45, 2.75) is 6.42 Å². The molecule has 4 heteroatoms. The lowest BCUT2D eigenvalue weighted by atomic mass is 10.0. The van der Waals surface area contributed by atoms with E-state index in [-0.39, 0.29) is 0 Å². The molecule has 0 heterocycles. The van der Waals surface area contributed by atoms with Gasteiger partial charge in [-0.2, -0.15) is 0 Å². The number of halogens is 2. The molecule has 2 aromatic rings. The number of hydrogen-bond donors (Lipinski definition) is 0. The van der Waals surface area contributed by atoms with E-state index < -0.39 is 0 Å². The molecular formula is C15H14Cl2O2. The minimum Gasteiger partial charge on any atom is -0.496 e. The first-order chi connectivity index (χ1) is 9.13. The number of methoxy groups -OCH3 is 2. The van der Waals surface area contributed by atoms with Gasteiger partial charge in [-0.3, -0.25) is 0 Å². The van der Waals surface area contributed by atoms with E-state index in [0.717, 1.165) is 22.6 Å². The summed E-state index contributed by atoms with van der Waals surface area (Å²) in [4.78, 5) is 0. The molecular weight excluding hydrogens is 283 g/mol. The van der Waals surface area contributed by atoms with Crippen molar-refractivity contribution < 1.29 is 9.47 Å². The normalized spacial score (nSPS) is 10.3. The average molecular weight is 297 g/mol. The predicted molar refractivity (Wildman–Crippen MR) is 78.8 cm³/mol. The highest BCUT2D eigenvalue weighted by Gasteiger charge is 2.09. The Hall–Kier alpha value is -1.38. The van der Waals surface area contributed by atoms with Gasteiger partial charge in [0, 0.05) is 16.5 Å². The van der Waals surface area contributed by atoms with Gasteiger partial charge < -0.3 is 9.47 Å². The zero-order valence-electron chi connectivity index (χ0n) is 10.7. The third-order valence-electron chi connectivity index (χ3n) is 2.88. The molecule has 0 amide bonds. The van der Waals surface area contributed by atoms with E-state index in [4.69, 9.17) is 32.7 Å². The summed E-state index contributed by atoms with van der Waals surface area (Å²) in [5.74, 6) is 1.54. The van der Waals surface area contributed by atoms with Crippen molar-refractivity contribution in [3.05, 3.63) is 57.6 Å². The van der Waals surface area contributed by atoms with Gasteiger partial charge >= 0.3 is 0 Å². The van der Waals surface area contributed by atoms with Crippen LogP contribution in [-0.4, -0.2) is 14.2 Å². The van der Waals surface area contributed by atoms with Crippen molar-refractivity contribution in [2.24, 2.45) is 0 Å². The summed E-state index contributed by atoms with van der Waals surface area (Å²) in [5, 5.41) is 1.31. The molecule has 19 heavy (non-hydrogen) atoms. The van der Waals surface area contributed by atoms with Crippen LogP contribution in [0.4, 0.5) is 0 Å². The molecule has 0 saturated heterocycles. The van der Waals surface area contributed by atoms with Gasteiger partial charge in [-0.05, 0) is 35.4 Å². The molecule has 0 aliphatic rings. The number of benzene rings is 2. The maximum Gasteiger partial charge on any atom is 0.123 e. The van der Waals surface area contributed by atoms with Crippen LogP contribution in [-0.2, 0) is 6.42 Å². The summed E-state index contributed by atoms with van der Waals surface area (Å²) in [5.41, 5.74) is 2.10. The van der Waals surface area contributed by atoms with Gasteiger partial charge in [0.25, 0.3) is 0 Å². The van der Waals surface area contributed by atoms with Crippen LogP contribution in [0.5, 0.6) is 11.5 Å². The molecule has 0 fully saturated rings. The molecule has 0 radical (unpaired) electrons. The van der Waals surface area contributed by atoms with Gasteiger partial charge in [0.2, 0.25) is 0 Å².